The molecule has 7 heteroatoms. The van der Waals surface area contributed by atoms with Crippen molar-refractivity contribution in [2.45, 2.75) is 4.34 Å². The van der Waals surface area contributed by atoms with Gasteiger partial charge in [-0.3, -0.25) is 0 Å². The van der Waals surface area contributed by atoms with Crippen LogP contribution in [0.4, 0.5) is 5.13 Å². The van der Waals surface area contributed by atoms with Gasteiger partial charge in [0.2, 0.25) is 5.13 Å². The minimum atomic E-state index is 0.611. The predicted molar refractivity (Wildman–Crippen MR) is 77.1 cm³/mol. The lowest BCUT2D eigenvalue weighted by Gasteiger charge is -2.04. The van der Waals surface area contributed by atoms with Crippen LogP contribution in [0.15, 0.2) is 28.6 Å². The fourth-order valence-corrected chi connectivity index (χ4v) is 2.99. The van der Waals surface area contributed by atoms with Crippen LogP contribution in [0.3, 0.4) is 0 Å². The van der Waals surface area contributed by atoms with E-state index in [1.54, 1.807) is 17.8 Å². The van der Waals surface area contributed by atoms with E-state index in [0.29, 0.717) is 11.6 Å². The fraction of sp³-hybridized carbons (Fsp3) is 0.273. The topological polar surface area (TPSA) is 47.0 Å². The van der Waals surface area contributed by atoms with Gasteiger partial charge in [-0.2, -0.15) is 0 Å². The molecule has 96 valence electrons. The van der Waals surface area contributed by atoms with Crippen LogP contribution in [0.1, 0.15) is 0 Å². The average molecular weight is 302 g/mol. The Morgan fingerprint density at radius 3 is 3.06 bits per heavy atom. The number of benzene rings is 1. The number of nitrogens with zero attached hydrogens (tertiary/aromatic N) is 2. The van der Waals surface area contributed by atoms with E-state index in [9.17, 15) is 0 Å². The summed E-state index contributed by atoms with van der Waals surface area (Å²) in [5.41, 5.74) is 0. The van der Waals surface area contributed by atoms with Crippen LogP contribution in [0, 0.1) is 0 Å². The smallest absolute Gasteiger partial charge is 0.206 e. The molecule has 1 aromatic carbocycles. The molecule has 0 atom stereocenters. The fourth-order valence-electron chi connectivity index (χ4n) is 1.21. The molecule has 0 aliphatic carbocycles. The molecule has 1 aromatic heterocycles. The molecule has 1 N–H and O–H groups in total. The van der Waals surface area contributed by atoms with E-state index >= 15 is 0 Å². The minimum Gasteiger partial charge on any atom is -0.493 e. The van der Waals surface area contributed by atoms with Gasteiger partial charge in [-0.1, -0.05) is 40.8 Å². The van der Waals surface area contributed by atoms with Crippen molar-refractivity contribution in [3.63, 3.8) is 0 Å². The first kappa shape index (κ1) is 13.5. The molecule has 0 amide bonds. The number of hydrogen-bond acceptors (Lipinski definition) is 6. The monoisotopic (exact) mass is 301 g/mol. The third-order valence-corrected chi connectivity index (χ3v) is 4.27. The highest BCUT2D eigenvalue weighted by molar-refractivity contribution is 8.01. The second kappa shape index (κ2) is 6.82. The normalized spacial score (nSPS) is 10.3. The van der Waals surface area contributed by atoms with Crippen LogP contribution in [0.5, 0.6) is 5.75 Å². The third kappa shape index (κ3) is 4.04. The number of thioether (sulfide) groups is 1. The highest BCUT2D eigenvalue weighted by atomic mass is 35.5. The molecule has 0 fully saturated rings. The second-order valence-electron chi connectivity index (χ2n) is 3.28. The number of rotatable bonds is 6. The summed E-state index contributed by atoms with van der Waals surface area (Å²) in [5, 5.41) is 12.5. The van der Waals surface area contributed by atoms with Gasteiger partial charge in [0.05, 0.1) is 6.61 Å². The quantitative estimate of drug-likeness (QED) is 0.654. The maximum absolute atomic E-state index is 5.86. The maximum Gasteiger partial charge on any atom is 0.206 e. The van der Waals surface area contributed by atoms with E-state index in [2.05, 4.69) is 15.5 Å². The lowest BCUT2D eigenvalue weighted by Crippen LogP contribution is -1.99. The lowest BCUT2D eigenvalue weighted by molar-refractivity contribution is 0.344. The molecule has 0 radical (unpaired) electrons. The summed E-state index contributed by atoms with van der Waals surface area (Å²) >= 11 is 9.03. The largest absolute Gasteiger partial charge is 0.493 e. The first-order valence-corrected chi connectivity index (χ1v) is 7.48. The second-order valence-corrected chi connectivity index (χ2v) is 6.03. The number of aromatic nitrogens is 2. The Hall–Kier alpha value is -0.980. The summed E-state index contributed by atoms with van der Waals surface area (Å²) in [5.74, 6) is 1.61. The van der Waals surface area contributed by atoms with Gasteiger partial charge >= 0.3 is 0 Å². The van der Waals surface area contributed by atoms with Crippen LogP contribution in [0.2, 0.25) is 5.02 Å². The van der Waals surface area contributed by atoms with E-state index in [1.165, 1.54) is 11.3 Å². The van der Waals surface area contributed by atoms with Crippen LogP contribution in [-0.2, 0) is 0 Å². The molecule has 0 bridgehead atoms. The Morgan fingerprint density at radius 1 is 1.44 bits per heavy atom. The van der Waals surface area contributed by atoms with Gasteiger partial charge in [-0.05, 0) is 18.2 Å². The lowest BCUT2D eigenvalue weighted by atomic mass is 10.3. The number of ether oxygens (including phenoxy) is 1. The summed E-state index contributed by atoms with van der Waals surface area (Å²) < 4.78 is 6.52. The van der Waals surface area contributed by atoms with Gasteiger partial charge in [0.25, 0.3) is 0 Å². The standard InChI is InChI=1S/C11H12ClN3OS2/c1-13-10-14-15-11(18-10)17-6-5-16-9-4-2-3-8(12)7-9/h2-4,7H,5-6H2,1H3,(H,13,14). The molecule has 0 spiro atoms. The van der Waals surface area contributed by atoms with E-state index in [1.807, 2.05) is 25.2 Å². The first-order valence-electron chi connectivity index (χ1n) is 5.30. The molecule has 4 nitrogen and oxygen atoms in total. The van der Waals surface area contributed by atoms with Gasteiger partial charge in [0.15, 0.2) is 4.34 Å². The summed E-state index contributed by atoms with van der Waals surface area (Å²) in [4.78, 5) is 0. The average Bonchev–Trinajstić information content (AvgIpc) is 2.83. The zero-order chi connectivity index (χ0) is 12.8. The molecule has 2 aromatic rings. The zero-order valence-electron chi connectivity index (χ0n) is 9.72. The van der Waals surface area contributed by atoms with E-state index in [-0.39, 0.29) is 0 Å². The molecular formula is C11H12ClN3OS2. The Labute approximate surface area is 119 Å². The van der Waals surface area contributed by atoms with E-state index in [0.717, 1.165) is 21.0 Å². The van der Waals surface area contributed by atoms with Crippen molar-refractivity contribution < 1.29 is 4.74 Å². The van der Waals surface area contributed by atoms with Crippen LogP contribution in [-0.4, -0.2) is 29.6 Å². The Morgan fingerprint density at radius 2 is 2.33 bits per heavy atom. The highest BCUT2D eigenvalue weighted by Gasteiger charge is 2.03. The van der Waals surface area contributed by atoms with Gasteiger partial charge in [0.1, 0.15) is 5.75 Å². The van der Waals surface area contributed by atoms with Crippen molar-refractivity contribution in [2.24, 2.45) is 0 Å². The van der Waals surface area contributed by atoms with Crippen molar-refractivity contribution in [2.75, 3.05) is 24.7 Å². The Kier molecular flexibility index (Phi) is 5.10. The van der Waals surface area contributed by atoms with Crippen molar-refractivity contribution in [3.05, 3.63) is 29.3 Å². The maximum atomic E-state index is 5.86. The third-order valence-electron chi connectivity index (χ3n) is 1.99. The summed E-state index contributed by atoms with van der Waals surface area (Å²) in [7, 11) is 1.83. The van der Waals surface area contributed by atoms with Gasteiger partial charge in [-0.25, -0.2) is 0 Å². The number of anilines is 1. The molecule has 0 aliphatic rings. The molecule has 0 saturated heterocycles. The van der Waals surface area contributed by atoms with Crippen molar-refractivity contribution in [3.8, 4) is 5.75 Å². The summed E-state index contributed by atoms with van der Waals surface area (Å²) in [6, 6.07) is 7.38. The van der Waals surface area contributed by atoms with Crippen LogP contribution in [0.25, 0.3) is 0 Å². The molecule has 18 heavy (non-hydrogen) atoms. The molecule has 2 rings (SSSR count). The molecular weight excluding hydrogens is 290 g/mol. The SMILES string of the molecule is CNc1nnc(SCCOc2cccc(Cl)c2)s1. The predicted octanol–water partition coefficient (Wildman–Crippen LogP) is 3.40. The first-order chi connectivity index (χ1) is 8.78. The number of hydrogen-bond donors (Lipinski definition) is 1. The van der Waals surface area contributed by atoms with E-state index < -0.39 is 0 Å². The molecule has 0 saturated carbocycles. The van der Waals surface area contributed by atoms with Crippen LogP contribution < -0.4 is 10.1 Å². The Bertz CT molecular complexity index is 507. The number of nitrogens with one attached hydrogen (secondary N) is 1. The van der Waals surface area contributed by atoms with Crippen molar-refractivity contribution >= 4 is 39.8 Å². The molecule has 0 unspecified atom stereocenters. The van der Waals surface area contributed by atoms with Crippen LogP contribution >= 0.6 is 34.7 Å². The zero-order valence-corrected chi connectivity index (χ0v) is 12.1. The molecule has 1 heterocycles. The summed E-state index contributed by atoms with van der Waals surface area (Å²) in [6.07, 6.45) is 0. The van der Waals surface area contributed by atoms with Crippen molar-refractivity contribution in [1.29, 1.82) is 0 Å². The van der Waals surface area contributed by atoms with Gasteiger partial charge in [-0.15, -0.1) is 10.2 Å². The minimum absolute atomic E-state index is 0.611. The number of halogens is 1. The van der Waals surface area contributed by atoms with Gasteiger partial charge < -0.3 is 10.1 Å². The summed E-state index contributed by atoms with van der Waals surface area (Å²) in [6.45, 7) is 0.611. The Balaban J connectivity index is 1.72. The van der Waals surface area contributed by atoms with E-state index in [4.69, 9.17) is 16.3 Å². The molecule has 0 aliphatic heterocycles. The van der Waals surface area contributed by atoms with Crippen molar-refractivity contribution in [1.82, 2.24) is 10.2 Å². The highest BCUT2D eigenvalue weighted by Crippen LogP contribution is 2.25. The van der Waals surface area contributed by atoms with Gasteiger partial charge in [0, 0.05) is 17.8 Å².